The van der Waals surface area contributed by atoms with Gasteiger partial charge in [-0.2, -0.15) is 0 Å². The first-order valence-corrected chi connectivity index (χ1v) is 8.77. The first kappa shape index (κ1) is 18.4. The van der Waals surface area contributed by atoms with E-state index in [1.165, 1.54) is 0 Å². The third-order valence-corrected chi connectivity index (χ3v) is 4.40. The summed E-state index contributed by atoms with van der Waals surface area (Å²) in [5.74, 6) is -0.0122. The lowest BCUT2D eigenvalue weighted by Gasteiger charge is -2.37. The molecular weight excluding hydrogens is 304 g/mol. The molecule has 1 saturated heterocycles. The summed E-state index contributed by atoms with van der Waals surface area (Å²) in [7, 11) is 0. The molecule has 2 N–H and O–H groups in total. The van der Waals surface area contributed by atoms with Crippen molar-refractivity contribution in [2.75, 3.05) is 13.1 Å². The molecule has 0 unspecified atom stereocenters. The van der Waals surface area contributed by atoms with E-state index in [9.17, 15) is 9.59 Å². The van der Waals surface area contributed by atoms with Crippen LogP contribution in [0.4, 0.5) is 0 Å². The SMILES string of the molecule is CC(C)N1CCCC[C@@H]1C(=O)NCCC(=O)NCc1ccncc1. The monoisotopic (exact) mass is 332 g/mol. The minimum absolute atomic E-state index is 0.0466. The summed E-state index contributed by atoms with van der Waals surface area (Å²) < 4.78 is 0. The second-order valence-electron chi connectivity index (χ2n) is 6.52. The number of amides is 2. The maximum absolute atomic E-state index is 12.4. The second kappa shape index (κ2) is 9.37. The van der Waals surface area contributed by atoms with Crippen LogP contribution in [-0.2, 0) is 16.1 Å². The van der Waals surface area contributed by atoms with Crippen molar-refractivity contribution in [2.45, 2.75) is 58.2 Å². The van der Waals surface area contributed by atoms with Crippen LogP contribution in [0.15, 0.2) is 24.5 Å². The second-order valence-corrected chi connectivity index (χ2v) is 6.52. The van der Waals surface area contributed by atoms with E-state index in [-0.39, 0.29) is 17.9 Å². The summed E-state index contributed by atoms with van der Waals surface area (Å²) in [4.78, 5) is 30.4. The Bertz CT molecular complexity index is 533. The predicted octanol–water partition coefficient (Wildman–Crippen LogP) is 1.47. The van der Waals surface area contributed by atoms with Crippen molar-refractivity contribution < 1.29 is 9.59 Å². The number of hydrogen-bond donors (Lipinski definition) is 2. The quantitative estimate of drug-likeness (QED) is 0.793. The van der Waals surface area contributed by atoms with E-state index >= 15 is 0 Å². The van der Waals surface area contributed by atoms with Gasteiger partial charge in [-0.1, -0.05) is 6.42 Å². The zero-order chi connectivity index (χ0) is 17.4. The topological polar surface area (TPSA) is 74.3 Å². The summed E-state index contributed by atoms with van der Waals surface area (Å²) in [5.41, 5.74) is 1.01. The Morgan fingerprint density at radius 3 is 2.71 bits per heavy atom. The largest absolute Gasteiger partial charge is 0.354 e. The molecule has 1 fully saturated rings. The van der Waals surface area contributed by atoms with Crippen LogP contribution < -0.4 is 10.6 Å². The van der Waals surface area contributed by atoms with Crippen LogP contribution in [-0.4, -0.2) is 46.9 Å². The first-order valence-electron chi connectivity index (χ1n) is 8.77. The van der Waals surface area contributed by atoms with Crippen molar-refractivity contribution in [1.29, 1.82) is 0 Å². The van der Waals surface area contributed by atoms with E-state index in [0.717, 1.165) is 31.4 Å². The summed E-state index contributed by atoms with van der Waals surface area (Å²) in [6.07, 6.45) is 6.84. The highest BCUT2D eigenvalue weighted by Gasteiger charge is 2.29. The van der Waals surface area contributed by atoms with Gasteiger partial charge in [0.2, 0.25) is 11.8 Å². The maximum atomic E-state index is 12.4. The standard InChI is InChI=1S/C18H28N4O2/c1-14(2)22-12-4-3-5-16(22)18(24)20-11-8-17(23)21-13-15-6-9-19-10-7-15/h6-7,9-10,14,16H,3-5,8,11-13H2,1-2H3,(H,20,24)(H,21,23)/t16-/m1/s1. The molecule has 6 heteroatoms. The average Bonchev–Trinajstić information content (AvgIpc) is 2.60. The summed E-state index contributed by atoms with van der Waals surface area (Å²) >= 11 is 0. The molecule has 2 heterocycles. The Balaban J connectivity index is 1.68. The van der Waals surface area contributed by atoms with E-state index < -0.39 is 0 Å². The van der Waals surface area contributed by atoms with Gasteiger partial charge in [-0.25, -0.2) is 0 Å². The molecule has 24 heavy (non-hydrogen) atoms. The van der Waals surface area contributed by atoms with Crippen molar-refractivity contribution in [3.05, 3.63) is 30.1 Å². The van der Waals surface area contributed by atoms with Crippen molar-refractivity contribution in [2.24, 2.45) is 0 Å². The molecule has 1 aliphatic heterocycles. The highest BCUT2D eigenvalue weighted by atomic mass is 16.2. The Morgan fingerprint density at radius 2 is 2.00 bits per heavy atom. The fourth-order valence-electron chi connectivity index (χ4n) is 3.06. The van der Waals surface area contributed by atoms with Crippen molar-refractivity contribution in [3.8, 4) is 0 Å². The third kappa shape index (κ3) is 5.60. The highest BCUT2D eigenvalue weighted by molar-refractivity contribution is 5.83. The molecule has 0 saturated carbocycles. The molecule has 1 atom stereocenters. The molecule has 0 bridgehead atoms. The fourth-order valence-corrected chi connectivity index (χ4v) is 3.06. The Hall–Kier alpha value is -1.95. The van der Waals surface area contributed by atoms with Crippen LogP contribution in [0, 0.1) is 0 Å². The van der Waals surface area contributed by atoms with Gasteiger partial charge >= 0.3 is 0 Å². The lowest BCUT2D eigenvalue weighted by molar-refractivity contribution is -0.128. The third-order valence-electron chi connectivity index (χ3n) is 4.40. The van der Waals surface area contributed by atoms with Gasteiger partial charge in [-0.15, -0.1) is 0 Å². The van der Waals surface area contributed by atoms with Gasteiger partial charge in [0.1, 0.15) is 0 Å². The van der Waals surface area contributed by atoms with Gasteiger partial charge in [-0.05, 0) is 50.9 Å². The van der Waals surface area contributed by atoms with Crippen LogP contribution in [0.3, 0.4) is 0 Å². The van der Waals surface area contributed by atoms with Gasteiger partial charge in [0.05, 0.1) is 6.04 Å². The number of piperidine rings is 1. The van der Waals surface area contributed by atoms with Crippen molar-refractivity contribution >= 4 is 11.8 Å². The lowest BCUT2D eigenvalue weighted by atomic mass is 9.99. The molecule has 1 aromatic rings. The molecule has 0 aliphatic carbocycles. The Morgan fingerprint density at radius 1 is 1.25 bits per heavy atom. The highest BCUT2D eigenvalue weighted by Crippen LogP contribution is 2.19. The summed E-state index contributed by atoms with van der Waals surface area (Å²) in [6, 6.07) is 4.04. The van der Waals surface area contributed by atoms with E-state index in [1.54, 1.807) is 12.4 Å². The number of nitrogens with one attached hydrogen (secondary N) is 2. The predicted molar refractivity (Wildman–Crippen MR) is 93.2 cm³/mol. The van der Waals surface area contributed by atoms with Crippen LogP contribution in [0.1, 0.15) is 45.1 Å². The zero-order valence-electron chi connectivity index (χ0n) is 14.6. The number of carbonyl (C=O) groups is 2. The number of carbonyl (C=O) groups excluding carboxylic acids is 2. The molecule has 0 radical (unpaired) electrons. The number of likely N-dealkylation sites (tertiary alicyclic amines) is 1. The van der Waals surface area contributed by atoms with E-state index in [0.29, 0.717) is 25.6 Å². The summed E-state index contributed by atoms with van der Waals surface area (Å²) in [6.45, 7) is 6.08. The molecule has 2 rings (SSSR count). The van der Waals surface area contributed by atoms with E-state index in [4.69, 9.17) is 0 Å². The maximum Gasteiger partial charge on any atom is 0.237 e. The average molecular weight is 332 g/mol. The minimum Gasteiger partial charge on any atom is -0.354 e. The van der Waals surface area contributed by atoms with Crippen LogP contribution in [0.2, 0.25) is 0 Å². The van der Waals surface area contributed by atoms with Crippen molar-refractivity contribution in [1.82, 2.24) is 20.5 Å². The Labute approximate surface area is 144 Å². The molecule has 1 aromatic heterocycles. The smallest absolute Gasteiger partial charge is 0.237 e. The molecule has 0 spiro atoms. The molecule has 6 nitrogen and oxygen atoms in total. The number of nitrogens with zero attached hydrogens (tertiary/aromatic N) is 2. The number of pyridine rings is 1. The summed E-state index contributed by atoms with van der Waals surface area (Å²) in [5, 5.41) is 5.77. The molecular formula is C18H28N4O2. The molecule has 132 valence electrons. The van der Waals surface area contributed by atoms with Gasteiger partial charge in [0.15, 0.2) is 0 Å². The number of hydrogen-bond acceptors (Lipinski definition) is 4. The minimum atomic E-state index is -0.0588. The fraction of sp³-hybridized carbons (Fsp3) is 0.611. The van der Waals surface area contributed by atoms with Gasteiger partial charge in [0.25, 0.3) is 0 Å². The van der Waals surface area contributed by atoms with E-state index in [2.05, 4.69) is 34.4 Å². The number of aromatic nitrogens is 1. The van der Waals surface area contributed by atoms with Crippen LogP contribution in [0.5, 0.6) is 0 Å². The van der Waals surface area contributed by atoms with Gasteiger partial charge in [-0.3, -0.25) is 19.5 Å². The van der Waals surface area contributed by atoms with E-state index in [1.807, 2.05) is 12.1 Å². The first-order chi connectivity index (χ1) is 11.6. The zero-order valence-corrected chi connectivity index (χ0v) is 14.6. The normalized spacial score (nSPS) is 18.4. The lowest BCUT2D eigenvalue weighted by Crippen LogP contribution is -2.52. The van der Waals surface area contributed by atoms with Crippen LogP contribution in [0.25, 0.3) is 0 Å². The molecule has 0 aromatic carbocycles. The van der Waals surface area contributed by atoms with Crippen molar-refractivity contribution in [3.63, 3.8) is 0 Å². The van der Waals surface area contributed by atoms with Gasteiger partial charge < -0.3 is 10.6 Å². The van der Waals surface area contributed by atoms with Gasteiger partial charge in [0, 0.05) is 37.9 Å². The number of rotatable bonds is 7. The molecule has 1 aliphatic rings. The Kier molecular flexibility index (Phi) is 7.18. The molecule has 2 amide bonds. The van der Waals surface area contributed by atoms with Crippen LogP contribution >= 0.6 is 0 Å².